The van der Waals surface area contributed by atoms with Crippen molar-refractivity contribution in [2.24, 2.45) is 0 Å². The number of aryl methyl sites for hydroxylation is 1. The van der Waals surface area contributed by atoms with E-state index in [-0.39, 0.29) is 35.3 Å². The SMILES string of the molecule is CCOC(=O)COc1c(Cl)cc(/C=C2\C(=O)NC(=O)N(c3ccc(Br)c(C)c3)C2=O)cc1OC. The lowest BCUT2D eigenvalue weighted by molar-refractivity contribution is -0.145. The number of anilines is 1. The number of nitrogens with zero attached hydrogens (tertiary/aromatic N) is 1. The second-order valence-corrected chi connectivity index (χ2v) is 8.28. The molecule has 2 aromatic carbocycles. The molecule has 0 saturated carbocycles. The number of halogens is 2. The summed E-state index contributed by atoms with van der Waals surface area (Å²) in [5, 5.41) is 2.25. The van der Waals surface area contributed by atoms with Crippen molar-refractivity contribution in [3.63, 3.8) is 0 Å². The molecule has 0 unspecified atom stereocenters. The molecule has 4 amide bonds. The molecule has 0 aromatic heterocycles. The lowest BCUT2D eigenvalue weighted by Crippen LogP contribution is -2.54. The van der Waals surface area contributed by atoms with Gasteiger partial charge in [0.1, 0.15) is 5.57 Å². The fourth-order valence-corrected chi connectivity index (χ4v) is 3.64. The first kappa shape index (κ1) is 25.3. The summed E-state index contributed by atoms with van der Waals surface area (Å²) in [7, 11) is 1.37. The van der Waals surface area contributed by atoms with Gasteiger partial charge in [-0.05, 0) is 61.4 Å². The maximum absolute atomic E-state index is 13.1. The van der Waals surface area contributed by atoms with Crippen LogP contribution in [-0.4, -0.2) is 44.1 Å². The summed E-state index contributed by atoms with van der Waals surface area (Å²) in [4.78, 5) is 50.5. The van der Waals surface area contributed by atoms with Gasteiger partial charge in [0.25, 0.3) is 11.8 Å². The van der Waals surface area contributed by atoms with Gasteiger partial charge < -0.3 is 14.2 Å². The molecule has 34 heavy (non-hydrogen) atoms. The third-order valence-corrected chi connectivity index (χ3v) is 5.87. The number of hydrogen-bond acceptors (Lipinski definition) is 7. The van der Waals surface area contributed by atoms with Crippen LogP contribution >= 0.6 is 27.5 Å². The zero-order valence-corrected chi connectivity index (χ0v) is 20.8. The minimum absolute atomic E-state index is 0.0793. The summed E-state index contributed by atoms with van der Waals surface area (Å²) in [5.74, 6) is -1.96. The topological polar surface area (TPSA) is 111 Å². The van der Waals surface area contributed by atoms with Gasteiger partial charge in [-0.25, -0.2) is 14.5 Å². The minimum atomic E-state index is -0.854. The second-order valence-electron chi connectivity index (χ2n) is 7.02. The number of ether oxygens (including phenoxy) is 3. The normalized spacial score (nSPS) is 14.8. The van der Waals surface area contributed by atoms with Gasteiger partial charge in [-0.15, -0.1) is 0 Å². The highest BCUT2D eigenvalue weighted by molar-refractivity contribution is 9.10. The lowest BCUT2D eigenvalue weighted by atomic mass is 10.1. The number of nitrogens with one attached hydrogen (secondary N) is 1. The van der Waals surface area contributed by atoms with Gasteiger partial charge in [-0.3, -0.25) is 14.9 Å². The Labute approximate surface area is 208 Å². The van der Waals surface area contributed by atoms with Crippen molar-refractivity contribution in [2.75, 3.05) is 25.2 Å². The van der Waals surface area contributed by atoms with Gasteiger partial charge in [-0.1, -0.05) is 27.5 Å². The molecule has 0 aliphatic carbocycles. The van der Waals surface area contributed by atoms with Crippen molar-refractivity contribution in [3.05, 3.63) is 56.5 Å². The van der Waals surface area contributed by atoms with E-state index in [9.17, 15) is 19.2 Å². The first-order valence-corrected chi connectivity index (χ1v) is 11.2. The molecule has 1 saturated heterocycles. The van der Waals surface area contributed by atoms with E-state index in [0.29, 0.717) is 11.3 Å². The Hall–Kier alpha value is -3.37. The molecular weight excluding hydrogens is 532 g/mol. The second kappa shape index (κ2) is 10.7. The van der Waals surface area contributed by atoms with Crippen LogP contribution in [0.15, 0.2) is 40.4 Å². The highest BCUT2D eigenvalue weighted by atomic mass is 79.9. The van der Waals surface area contributed by atoms with Crippen molar-refractivity contribution < 1.29 is 33.4 Å². The Bertz CT molecular complexity index is 1210. The molecule has 3 rings (SSSR count). The van der Waals surface area contributed by atoms with E-state index in [1.165, 1.54) is 25.3 Å². The lowest BCUT2D eigenvalue weighted by Gasteiger charge is -2.26. The van der Waals surface area contributed by atoms with Crippen LogP contribution in [0.3, 0.4) is 0 Å². The van der Waals surface area contributed by atoms with Gasteiger partial charge in [0.05, 0.1) is 24.4 Å². The zero-order chi connectivity index (χ0) is 25.0. The van der Waals surface area contributed by atoms with Gasteiger partial charge in [-0.2, -0.15) is 0 Å². The summed E-state index contributed by atoms with van der Waals surface area (Å²) in [6.45, 7) is 3.30. The highest BCUT2D eigenvalue weighted by Gasteiger charge is 2.37. The molecule has 11 heteroatoms. The number of barbiturate groups is 1. The Morgan fingerprint density at radius 2 is 1.94 bits per heavy atom. The van der Waals surface area contributed by atoms with Crippen LogP contribution in [0.25, 0.3) is 6.08 Å². The molecule has 0 bridgehead atoms. The number of esters is 1. The number of imide groups is 2. The van der Waals surface area contributed by atoms with Gasteiger partial charge >= 0.3 is 12.0 Å². The molecule has 0 radical (unpaired) electrons. The third-order valence-electron chi connectivity index (χ3n) is 4.70. The summed E-state index contributed by atoms with van der Waals surface area (Å²) in [6, 6.07) is 6.98. The molecule has 1 aliphatic heterocycles. The molecule has 0 atom stereocenters. The molecule has 178 valence electrons. The van der Waals surface area contributed by atoms with E-state index in [1.807, 2.05) is 6.92 Å². The van der Waals surface area contributed by atoms with Gasteiger partial charge in [0.2, 0.25) is 0 Å². The summed E-state index contributed by atoms with van der Waals surface area (Å²) in [6.07, 6.45) is 1.28. The van der Waals surface area contributed by atoms with Crippen LogP contribution in [0.1, 0.15) is 18.1 Å². The number of amides is 4. The number of urea groups is 1. The van der Waals surface area contributed by atoms with Crippen LogP contribution in [0.4, 0.5) is 10.5 Å². The Kier molecular flexibility index (Phi) is 7.95. The smallest absolute Gasteiger partial charge is 0.344 e. The number of benzene rings is 2. The average Bonchev–Trinajstić information content (AvgIpc) is 2.78. The molecular formula is C23H20BrClN2O7. The molecule has 1 aliphatic rings. The van der Waals surface area contributed by atoms with Crippen molar-refractivity contribution in [1.29, 1.82) is 0 Å². The first-order valence-electron chi connectivity index (χ1n) is 9.99. The largest absolute Gasteiger partial charge is 0.493 e. The number of methoxy groups -OCH3 is 1. The van der Waals surface area contributed by atoms with Crippen molar-refractivity contribution in [3.8, 4) is 11.5 Å². The van der Waals surface area contributed by atoms with Crippen LogP contribution in [-0.2, 0) is 19.1 Å². The van der Waals surface area contributed by atoms with E-state index in [0.717, 1.165) is 14.9 Å². The quantitative estimate of drug-likeness (QED) is 0.314. The standard InChI is InChI=1S/C23H20BrClN2O7/c1-4-33-19(28)11-34-20-17(25)9-13(10-18(20)32-3)8-15-21(29)26-23(31)27(22(15)30)14-5-6-16(24)12(2)7-14/h5-10H,4,11H2,1-3H3,(H,26,29,31)/b15-8+. The maximum atomic E-state index is 13.1. The molecule has 1 fully saturated rings. The predicted molar refractivity (Wildman–Crippen MR) is 128 cm³/mol. The number of carbonyl (C=O) groups is 4. The Balaban J connectivity index is 1.95. The van der Waals surface area contributed by atoms with E-state index in [2.05, 4.69) is 21.2 Å². The van der Waals surface area contributed by atoms with Crippen LogP contribution in [0.2, 0.25) is 5.02 Å². The van der Waals surface area contributed by atoms with Crippen LogP contribution in [0, 0.1) is 6.92 Å². The van der Waals surface area contributed by atoms with E-state index in [4.69, 9.17) is 25.8 Å². The number of hydrogen-bond donors (Lipinski definition) is 1. The highest BCUT2D eigenvalue weighted by Crippen LogP contribution is 2.37. The molecule has 1 N–H and O–H groups in total. The van der Waals surface area contributed by atoms with E-state index in [1.54, 1.807) is 25.1 Å². The monoisotopic (exact) mass is 550 g/mol. The van der Waals surface area contributed by atoms with E-state index >= 15 is 0 Å². The fourth-order valence-electron chi connectivity index (χ4n) is 3.12. The van der Waals surface area contributed by atoms with Gasteiger partial charge in [0.15, 0.2) is 18.1 Å². The maximum Gasteiger partial charge on any atom is 0.344 e. The number of rotatable bonds is 7. The average molecular weight is 552 g/mol. The van der Waals surface area contributed by atoms with Crippen LogP contribution in [0.5, 0.6) is 11.5 Å². The Morgan fingerprint density at radius 3 is 2.59 bits per heavy atom. The summed E-state index contributed by atoms with van der Waals surface area (Å²) in [5.41, 5.74) is 1.17. The Morgan fingerprint density at radius 1 is 1.21 bits per heavy atom. The minimum Gasteiger partial charge on any atom is -0.493 e. The molecule has 1 heterocycles. The first-order chi connectivity index (χ1) is 16.2. The summed E-state index contributed by atoms with van der Waals surface area (Å²) >= 11 is 9.68. The van der Waals surface area contributed by atoms with Crippen molar-refractivity contribution >= 4 is 63.1 Å². The van der Waals surface area contributed by atoms with Crippen molar-refractivity contribution in [1.82, 2.24) is 5.32 Å². The molecule has 2 aromatic rings. The zero-order valence-electron chi connectivity index (χ0n) is 18.4. The fraction of sp³-hybridized carbons (Fsp3) is 0.217. The molecule has 0 spiro atoms. The predicted octanol–water partition coefficient (Wildman–Crippen LogP) is 4.03. The molecule has 9 nitrogen and oxygen atoms in total. The van der Waals surface area contributed by atoms with E-state index < -0.39 is 23.8 Å². The van der Waals surface area contributed by atoms with Crippen molar-refractivity contribution in [2.45, 2.75) is 13.8 Å². The number of carbonyl (C=O) groups excluding carboxylic acids is 4. The third kappa shape index (κ3) is 5.40. The van der Waals surface area contributed by atoms with Crippen LogP contribution < -0.4 is 19.7 Å². The summed E-state index contributed by atoms with van der Waals surface area (Å²) < 4.78 is 16.3. The van der Waals surface area contributed by atoms with Gasteiger partial charge in [0, 0.05) is 4.47 Å².